The first kappa shape index (κ1) is 22.2. The number of sulfonamides is 1. The van der Waals surface area contributed by atoms with Gasteiger partial charge in [0.05, 0.1) is 5.75 Å². The zero-order chi connectivity index (χ0) is 20.4. The summed E-state index contributed by atoms with van der Waals surface area (Å²) in [5.41, 5.74) is 1.39. The molecule has 0 heterocycles. The molecule has 2 rings (SSSR count). The van der Waals surface area contributed by atoms with Crippen LogP contribution in [0.5, 0.6) is 0 Å². The highest BCUT2D eigenvalue weighted by Crippen LogP contribution is 2.17. The van der Waals surface area contributed by atoms with E-state index in [1.54, 1.807) is 24.3 Å². The smallest absolute Gasteiger partial charge is 0.315 e. The van der Waals surface area contributed by atoms with E-state index < -0.39 is 10.0 Å². The predicted octanol–water partition coefficient (Wildman–Crippen LogP) is 1.37. The molecule has 9 heteroatoms. The summed E-state index contributed by atoms with van der Waals surface area (Å²) >= 11 is 0. The second kappa shape index (κ2) is 11.0. The Bertz CT molecular complexity index is 761. The van der Waals surface area contributed by atoms with Crippen LogP contribution in [0.25, 0.3) is 0 Å². The van der Waals surface area contributed by atoms with Crippen LogP contribution in [0.15, 0.2) is 24.3 Å². The van der Waals surface area contributed by atoms with Crippen LogP contribution in [-0.2, 0) is 27.1 Å². The van der Waals surface area contributed by atoms with E-state index in [0.29, 0.717) is 5.56 Å². The van der Waals surface area contributed by atoms with E-state index in [2.05, 4.69) is 20.7 Å². The molecule has 0 aliphatic heterocycles. The van der Waals surface area contributed by atoms with Crippen molar-refractivity contribution in [2.45, 2.75) is 56.9 Å². The summed E-state index contributed by atoms with van der Waals surface area (Å²) in [7, 11) is -2.01. The average molecular weight is 411 g/mol. The molecule has 1 aromatic rings. The Morgan fingerprint density at radius 3 is 2.39 bits per heavy atom. The normalized spacial score (nSPS) is 15.0. The number of hydrogen-bond acceptors (Lipinski definition) is 4. The number of amides is 3. The van der Waals surface area contributed by atoms with Crippen LogP contribution in [0, 0.1) is 0 Å². The van der Waals surface area contributed by atoms with Crippen molar-refractivity contribution in [3.05, 3.63) is 35.4 Å². The summed E-state index contributed by atoms with van der Waals surface area (Å²) in [4.78, 5) is 23.9. The molecule has 0 radical (unpaired) electrons. The molecule has 1 fully saturated rings. The van der Waals surface area contributed by atoms with Gasteiger partial charge in [-0.3, -0.25) is 4.79 Å². The van der Waals surface area contributed by atoms with Gasteiger partial charge in [0, 0.05) is 25.6 Å². The van der Waals surface area contributed by atoms with Crippen molar-refractivity contribution >= 4 is 22.0 Å². The van der Waals surface area contributed by atoms with Crippen molar-refractivity contribution in [2.75, 3.05) is 13.6 Å². The summed E-state index contributed by atoms with van der Waals surface area (Å²) in [5, 5.41) is 8.42. The monoisotopic (exact) mass is 410 g/mol. The molecular formula is C19H30N4O4S. The van der Waals surface area contributed by atoms with Gasteiger partial charge in [0.25, 0.3) is 0 Å². The number of nitrogens with one attached hydrogen (secondary N) is 4. The number of rotatable bonds is 9. The Balaban J connectivity index is 1.71. The van der Waals surface area contributed by atoms with Gasteiger partial charge in [0.15, 0.2) is 0 Å². The molecule has 0 bridgehead atoms. The van der Waals surface area contributed by atoms with Crippen LogP contribution in [0.3, 0.4) is 0 Å². The van der Waals surface area contributed by atoms with Crippen molar-refractivity contribution in [1.82, 2.24) is 20.7 Å². The van der Waals surface area contributed by atoms with Crippen LogP contribution >= 0.6 is 0 Å². The molecule has 0 spiro atoms. The molecule has 0 aromatic heterocycles. The minimum absolute atomic E-state index is 0.140. The average Bonchev–Trinajstić information content (AvgIpc) is 2.68. The topological polar surface area (TPSA) is 116 Å². The highest BCUT2D eigenvalue weighted by Gasteiger charge is 2.16. The number of urea groups is 1. The minimum atomic E-state index is -3.39. The molecule has 8 nitrogen and oxygen atoms in total. The van der Waals surface area contributed by atoms with Crippen molar-refractivity contribution in [2.24, 2.45) is 0 Å². The van der Waals surface area contributed by atoms with Gasteiger partial charge in [0.1, 0.15) is 0 Å². The van der Waals surface area contributed by atoms with E-state index in [1.807, 2.05) is 0 Å². The van der Waals surface area contributed by atoms with Crippen LogP contribution in [0.4, 0.5) is 4.79 Å². The summed E-state index contributed by atoms with van der Waals surface area (Å²) < 4.78 is 25.8. The van der Waals surface area contributed by atoms with E-state index in [1.165, 1.54) is 13.5 Å². The highest BCUT2D eigenvalue weighted by atomic mass is 32.2. The molecule has 0 unspecified atom stereocenters. The molecule has 1 aliphatic carbocycles. The van der Waals surface area contributed by atoms with Gasteiger partial charge in [-0.25, -0.2) is 17.9 Å². The lowest BCUT2D eigenvalue weighted by molar-refractivity contribution is -0.121. The lowest BCUT2D eigenvalue weighted by Gasteiger charge is -2.22. The quantitative estimate of drug-likeness (QED) is 0.492. The number of hydrogen-bond donors (Lipinski definition) is 4. The minimum Gasteiger partial charge on any atom is -0.352 e. The molecule has 0 atom stereocenters. The Hall–Kier alpha value is -2.13. The fraction of sp³-hybridized carbons (Fsp3) is 0.579. The second-order valence-electron chi connectivity index (χ2n) is 6.99. The van der Waals surface area contributed by atoms with Crippen LogP contribution in [0.1, 0.15) is 49.7 Å². The van der Waals surface area contributed by atoms with Crippen LogP contribution < -0.4 is 20.7 Å². The second-order valence-corrected chi connectivity index (χ2v) is 8.92. The first-order chi connectivity index (χ1) is 13.4. The van der Waals surface area contributed by atoms with Gasteiger partial charge >= 0.3 is 6.03 Å². The van der Waals surface area contributed by atoms with E-state index in [0.717, 1.165) is 31.2 Å². The van der Waals surface area contributed by atoms with Crippen molar-refractivity contribution in [1.29, 1.82) is 0 Å². The standard InChI is InChI=1S/C19H30N4O4S/c1-20-28(26,27)14-16-8-6-5-7-15(16)13-22-18(24)11-12-21-19(25)23-17-9-3-2-4-10-17/h5-8,17,20H,2-4,9-14H2,1H3,(H,22,24)(H2,21,23,25). The molecule has 1 saturated carbocycles. The third-order valence-corrected chi connectivity index (χ3v) is 6.14. The predicted molar refractivity (Wildman–Crippen MR) is 108 cm³/mol. The lowest BCUT2D eigenvalue weighted by atomic mass is 9.96. The number of benzene rings is 1. The summed E-state index contributed by atoms with van der Waals surface area (Å²) in [6, 6.07) is 7.08. The molecule has 28 heavy (non-hydrogen) atoms. The Morgan fingerprint density at radius 1 is 1.04 bits per heavy atom. The first-order valence-electron chi connectivity index (χ1n) is 9.68. The maximum absolute atomic E-state index is 12.0. The summed E-state index contributed by atoms with van der Waals surface area (Å²) in [5.74, 6) is -0.345. The molecule has 4 N–H and O–H groups in total. The van der Waals surface area contributed by atoms with Crippen molar-refractivity contribution in [3.8, 4) is 0 Å². The van der Waals surface area contributed by atoms with E-state index in [4.69, 9.17) is 0 Å². The fourth-order valence-electron chi connectivity index (χ4n) is 3.20. The van der Waals surface area contributed by atoms with E-state index >= 15 is 0 Å². The van der Waals surface area contributed by atoms with Gasteiger partial charge in [-0.1, -0.05) is 43.5 Å². The van der Waals surface area contributed by atoms with Gasteiger partial charge in [0.2, 0.25) is 15.9 Å². The lowest BCUT2D eigenvalue weighted by Crippen LogP contribution is -2.43. The Kier molecular flexibility index (Phi) is 8.72. The molecule has 1 aliphatic rings. The highest BCUT2D eigenvalue weighted by molar-refractivity contribution is 7.88. The van der Waals surface area contributed by atoms with Crippen LogP contribution in [0.2, 0.25) is 0 Å². The van der Waals surface area contributed by atoms with Gasteiger partial charge in [-0.05, 0) is 31.0 Å². The van der Waals surface area contributed by atoms with E-state index in [9.17, 15) is 18.0 Å². The van der Waals surface area contributed by atoms with Crippen LogP contribution in [-0.4, -0.2) is 40.0 Å². The number of carbonyl (C=O) groups is 2. The maximum Gasteiger partial charge on any atom is 0.315 e. The third-order valence-electron chi connectivity index (χ3n) is 4.83. The third kappa shape index (κ3) is 7.85. The van der Waals surface area contributed by atoms with Crippen molar-refractivity contribution in [3.63, 3.8) is 0 Å². The van der Waals surface area contributed by atoms with Gasteiger partial charge in [-0.2, -0.15) is 0 Å². The molecule has 156 valence electrons. The van der Waals surface area contributed by atoms with Gasteiger partial charge < -0.3 is 16.0 Å². The fourth-order valence-corrected chi connectivity index (χ4v) is 4.04. The molecule has 1 aromatic carbocycles. The SMILES string of the molecule is CNS(=O)(=O)Cc1ccccc1CNC(=O)CCNC(=O)NC1CCCCC1. The Morgan fingerprint density at radius 2 is 1.71 bits per heavy atom. The summed E-state index contributed by atoms with van der Waals surface area (Å²) in [6.07, 6.45) is 5.70. The first-order valence-corrected chi connectivity index (χ1v) is 11.3. The Labute approximate surface area is 166 Å². The largest absolute Gasteiger partial charge is 0.352 e. The number of carbonyl (C=O) groups excluding carboxylic acids is 2. The van der Waals surface area contributed by atoms with Crippen molar-refractivity contribution < 1.29 is 18.0 Å². The molecule has 3 amide bonds. The molecule has 0 saturated heterocycles. The zero-order valence-corrected chi connectivity index (χ0v) is 17.1. The maximum atomic E-state index is 12.0. The van der Waals surface area contributed by atoms with Gasteiger partial charge in [-0.15, -0.1) is 0 Å². The zero-order valence-electron chi connectivity index (χ0n) is 16.3. The van der Waals surface area contributed by atoms with E-state index in [-0.39, 0.29) is 43.2 Å². The summed E-state index contributed by atoms with van der Waals surface area (Å²) in [6.45, 7) is 0.489. The molecular weight excluding hydrogens is 380 g/mol.